The standard InChI is InChI=1S/C9H19NO2/c1-2-3-4-5-6-8(10)7-9(11)12/h8H,2-7,10H2,1H3,(H,11,12)/t8-/m0/s1. The lowest BCUT2D eigenvalue weighted by atomic mass is 10.1. The van der Waals surface area contributed by atoms with E-state index in [2.05, 4.69) is 6.92 Å². The van der Waals surface area contributed by atoms with Gasteiger partial charge in [-0.05, 0) is 6.42 Å². The zero-order valence-corrected chi connectivity index (χ0v) is 7.75. The summed E-state index contributed by atoms with van der Waals surface area (Å²) in [5.41, 5.74) is 5.58. The summed E-state index contributed by atoms with van der Waals surface area (Å²) in [6, 6.07) is -0.153. The first-order valence-corrected chi connectivity index (χ1v) is 4.64. The molecule has 0 aromatic rings. The number of carboxylic acid groups (broad SMARTS) is 1. The third-order valence-corrected chi connectivity index (χ3v) is 1.87. The summed E-state index contributed by atoms with van der Waals surface area (Å²) in [7, 11) is 0. The Morgan fingerprint density at radius 2 is 2.08 bits per heavy atom. The highest BCUT2D eigenvalue weighted by atomic mass is 16.4. The van der Waals surface area contributed by atoms with Crippen molar-refractivity contribution in [1.29, 1.82) is 0 Å². The summed E-state index contributed by atoms with van der Waals surface area (Å²) in [6.07, 6.45) is 5.60. The average Bonchev–Trinajstić information content (AvgIpc) is 1.97. The molecule has 3 heteroatoms. The van der Waals surface area contributed by atoms with Crippen molar-refractivity contribution < 1.29 is 9.90 Å². The van der Waals surface area contributed by atoms with Gasteiger partial charge in [0.1, 0.15) is 0 Å². The van der Waals surface area contributed by atoms with Gasteiger partial charge in [0, 0.05) is 6.04 Å². The highest BCUT2D eigenvalue weighted by molar-refractivity contribution is 5.67. The predicted octanol–water partition coefficient (Wildman–Crippen LogP) is 1.76. The van der Waals surface area contributed by atoms with E-state index in [1.165, 1.54) is 19.3 Å². The first kappa shape index (κ1) is 11.4. The summed E-state index contributed by atoms with van der Waals surface area (Å²) in [6.45, 7) is 2.15. The van der Waals surface area contributed by atoms with Crippen molar-refractivity contribution in [3.8, 4) is 0 Å². The third-order valence-electron chi connectivity index (χ3n) is 1.87. The van der Waals surface area contributed by atoms with Crippen LogP contribution in [0.2, 0.25) is 0 Å². The van der Waals surface area contributed by atoms with Gasteiger partial charge in [-0.25, -0.2) is 0 Å². The maximum Gasteiger partial charge on any atom is 0.304 e. The molecule has 0 rings (SSSR count). The van der Waals surface area contributed by atoms with Gasteiger partial charge in [-0.1, -0.05) is 32.6 Å². The van der Waals surface area contributed by atoms with Gasteiger partial charge in [0.15, 0.2) is 0 Å². The molecule has 0 bridgehead atoms. The van der Waals surface area contributed by atoms with Crippen LogP contribution in [0.5, 0.6) is 0 Å². The molecule has 0 aliphatic rings. The van der Waals surface area contributed by atoms with Crippen molar-refractivity contribution in [3.05, 3.63) is 0 Å². The molecule has 0 fully saturated rings. The molecule has 3 N–H and O–H groups in total. The van der Waals surface area contributed by atoms with E-state index in [1.807, 2.05) is 0 Å². The van der Waals surface area contributed by atoms with E-state index >= 15 is 0 Å². The van der Waals surface area contributed by atoms with Crippen LogP contribution in [0.15, 0.2) is 0 Å². The van der Waals surface area contributed by atoms with Crippen molar-refractivity contribution in [1.82, 2.24) is 0 Å². The van der Waals surface area contributed by atoms with Crippen LogP contribution >= 0.6 is 0 Å². The summed E-state index contributed by atoms with van der Waals surface area (Å²) < 4.78 is 0. The minimum absolute atomic E-state index is 0.103. The normalized spacial score (nSPS) is 12.8. The van der Waals surface area contributed by atoms with Crippen LogP contribution in [0.25, 0.3) is 0 Å². The number of carbonyl (C=O) groups is 1. The summed E-state index contributed by atoms with van der Waals surface area (Å²) in [5, 5.41) is 8.41. The molecule has 0 aliphatic carbocycles. The fourth-order valence-corrected chi connectivity index (χ4v) is 1.16. The molecule has 0 aliphatic heterocycles. The fourth-order valence-electron chi connectivity index (χ4n) is 1.16. The van der Waals surface area contributed by atoms with Crippen molar-refractivity contribution in [3.63, 3.8) is 0 Å². The quantitative estimate of drug-likeness (QED) is 0.576. The van der Waals surface area contributed by atoms with Gasteiger partial charge in [0.05, 0.1) is 6.42 Å². The zero-order valence-electron chi connectivity index (χ0n) is 7.75. The number of aliphatic carboxylic acids is 1. The molecule has 0 amide bonds. The minimum Gasteiger partial charge on any atom is -0.481 e. The van der Waals surface area contributed by atoms with E-state index in [1.54, 1.807) is 0 Å². The van der Waals surface area contributed by atoms with Crippen LogP contribution in [0.1, 0.15) is 45.4 Å². The number of rotatable bonds is 7. The van der Waals surface area contributed by atoms with E-state index in [0.29, 0.717) is 0 Å². The molecular formula is C9H19NO2. The molecule has 3 nitrogen and oxygen atoms in total. The van der Waals surface area contributed by atoms with E-state index in [9.17, 15) is 4.79 Å². The van der Waals surface area contributed by atoms with E-state index in [-0.39, 0.29) is 12.5 Å². The van der Waals surface area contributed by atoms with Gasteiger partial charge in [-0.15, -0.1) is 0 Å². The first-order chi connectivity index (χ1) is 5.66. The Morgan fingerprint density at radius 1 is 1.42 bits per heavy atom. The lowest BCUT2D eigenvalue weighted by molar-refractivity contribution is -0.137. The SMILES string of the molecule is CCCCCC[C@H](N)CC(=O)O. The maximum atomic E-state index is 10.2. The number of unbranched alkanes of at least 4 members (excludes halogenated alkanes) is 3. The van der Waals surface area contributed by atoms with E-state index in [0.717, 1.165) is 12.8 Å². The summed E-state index contributed by atoms with van der Waals surface area (Å²) in [5.74, 6) is -0.794. The zero-order chi connectivity index (χ0) is 9.40. The second-order valence-corrected chi connectivity index (χ2v) is 3.21. The Hall–Kier alpha value is -0.570. The lowest BCUT2D eigenvalue weighted by Gasteiger charge is -2.07. The second-order valence-electron chi connectivity index (χ2n) is 3.21. The minimum atomic E-state index is -0.794. The fraction of sp³-hybridized carbons (Fsp3) is 0.889. The molecule has 0 radical (unpaired) electrons. The van der Waals surface area contributed by atoms with Crippen LogP contribution in [0.3, 0.4) is 0 Å². The van der Waals surface area contributed by atoms with E-state index in [4.69, 9.17) is 10.8 Å². The smallest absolute Gasteiger partial charge is 0.304 e. The molecule has 0 spiro atoms. The highest BCUT2D eigenvalue weighted by Gasteiger charge is 2.06. The average molecular weight is 173 g/mol. The van der Waals surface area contributed by atoms with Crippen LogP contribution in [-0.4, -0.2) is 17.1 Å². The molecule has 0 unspecified atom stereocenters. The first-order valence-electron chi connectivity index (χ1n) is 4.64. The van der Waals surface area contributed by atoms with Crippen molar-refractivity contribution in [2.45, 2.75) is 51.5 Å². The summed E-state index contributed by atoms with van der Waals surface area (Å²) in [4.78, 5) is 10.2. The van der Waals surface area contributed by atoms with Gasteiger partial charge >= 0.3 is 5.97 Å². The Morgan fingerprint density at radius 3 is 2.58 bits per heavy atom. The number of carboxylic acids is 1. The summed E-state index contributed by atoms with van der Waals surface area (Å²) >= 11 is 0. The maximum absolute atomic E-state index is 10.2. The van der Waals surface area contributed by atoms with Gasteiger partial charge < -0.3 is 10.8 Å². The Bertz CT molecular complexity index is 126. The van der Waals surface area contributed by atoms with Crippen LogP contribution < -0.4 is 5.73 Å². The molecule has 0 aromatic carbocycles. The topological polar surface area (TPSA) is 63.3 Å². The number of hydrogen-bond acceptors (Lipinski definition) is 2. The number of nitrogens with two attached hydrogens (primary N) is 1. The molecule has 0 saturated carbocycles. The van der Waals surface area contributed by atoms with Crippen molar-refractivity contribution >= 4 is 5.97 Å². The largest absolute Gasteiger partial charge is 0.481 e. The monoisotopic (exact) mass is 173 g/mol. The van der Waals surface area contributed by atoms with Gasteiger partial charge in [-0.2, -0.15) is 0 Å². The molecule has 0 saturated heterocycles. The second kappa shape index (κ2) is 7.10. The van der Waals surface area contributed by atoms with Crippen molar-refractivity contribution in [2.24, 2.45) is 5.73 Å². The molecule has 72 valence electrons. The molecular weight excluding hydrogens is 154 g/mol. The number of hydrogen-bond donors (Lipinski definition) is 2. The Balaban J connectivity index is 3.19. The van der Waals surface area contributed by atoms with Crippen LogP contribution in [0.4, 0.5) is 0 Å². The van der Waals surface area contributed by atoms with Crippen LogP contribution in [-0.2, 0) is 4.79 Å². The predicted molar refractivity (Wildman–Crippen MR) is 49.0 cm³/mol. The van der Waals surface area contributed by atoms with Crippen LogP contribution in [0, 0.1) is 0 Å². The van der Waals surface area contributed by atoms with E-state index < -0.39 is 5.97 Å². The molecule has 1 atom stereocenters. The molecule has 0 aromatic heterocycles. The highest BCUT2D eigenvalue weighted by Crippen LogP contribution is 2.05. The van der Waals surface area contributed by atoms with Crippen molar-refractivity contribution in [2.75, 3.05) is 0 Å². The Labute approximate surface area is 74.0 Å². The molecule has 12 heavy (non-hydrogen) atoms. The molecule has 0 heterocycles. The third kappa shape index (κ3) is 7.54. The van der Waals surface area contributed by atoms with Gasteiger partial charge in [-0.3, -0.25) is 4.79 Å². The van der Waals surface area contributed by atoms with Gasteiger partial charge in [0.25, 0.3) is 0 Å². The van der Waals surface area contributed by atoms with Gasteiger partial charge in [0.2, 0.25) is 0 Å². The lowest BCUT2D eigenvalue weighted by Crippen LogP contribution is -2.23. The Kier molecular flexibility index (Phi) is 6.76.